The van der Waals surface area contributed by atoms with Gasteiger partial charge in [-0.25, -0.2) is 4.79 Å². The molecule has 1 aliphatic rings. The number of aliphatic hydroxyl groups excluding tert-OH is 1. The number of amides is 2. The van der Waals surface area contributed by atoms with Gasteiger partial charge in [-0.05, 0) is 31.6 Å². The average molecular weight is 228 g/mol. The van der Waals surface area contributed by atoms with Crippen molar-refractivity contribution in [2.75, 3.05) is 13.2 Å². The Labute approximate surface area is 97.8 Å². The molecule has 16 heavy (non-hydrogen) atoms. The lowest BCUT2D eigenvalue weighted by molar-refractivity contribution is 0.220. The van der Waals surface area contributed by atoms with E-state index in [2.05, 4.69) is 17.6 Å². The maximum absolute atomic E-state index is 11.3. The van der Waals surface area contributed by atoms with Gasteiger partial charge in [0.2, 0.25) is 0 Å². The van der Waals surface area contributed by atoms with Crippen molar-refractivity contribution < 1.29 is 9.90 Å². The molecule has 1 fully saturated rings. The summed E-state index contributed by atoms with van der Waals surface area (Å²) in [6.45, 7) is 2.56. The largest absolute Gasteiger partial charge is 0.395 e. The molecule has 0 aromatic carbocycles. The first-order valence-corrected chi connectivity index (χ1v) is 6.41. The van der Waals surface area contributed by atoms with Gasteiger partial charge in [-0.1, -0.05) is 19.8 Å². The Morgan fingerprint density at radius 2 is 2.00 bits per heavy atom. The predicted molar refractivity (Wildman–Crippen MR) is 64.3 cm³/mol. The van der Waals surface area contributed by atoms with Crippen LogP contribution in [-0.2, 0) is 0 Å². The molecule has 1 rings (SSSR count). The van der Waals surface area contributed by atoms with Crippen LogP contribution in [0.25, 0.3) is 0 Å². The fourth-order valence-electron chi connectivity index (χ4n) is 2.41. The number of carbonyl (C=O) groups is 1. The minimum Gasteiger partial charge on any atom is -0.395 e. The molecular formula is C12H24N2O2. The second-order valence-electron chi connectivity index (χ2n) is 4.63. The normalized spacial score (nSPS) is 25.1. The summed E-state index contributed by atoms with van der Waals surface area (Å²) in [4.78, 5) is 11.3. The second kappa shape index (κ2) is 7.49. The van der Waals surface area contributed by atoms with Crippen molar-refractivity contribution >= 4 is 6.03 Å². The zero-order chi connectivity index (χ0) is 11.8. The van der Waals surface area contributed by atoms with Gasteiger partial charge < -0.3 is 15.7 Å². The smallest absolute Gasteiger partial charge is 0.315 e. The van der Waals surface area contributed by atoms with Crippen molar-refractivity contribution in [1.82, 2.24) is 10.6 Å². The minimum atomic E-state index is -0.145. The molecule has 0 atom stereocenters. The van der Waals surface area contributed by atoms with E-state index in [9.17, 15) is 4.79 Å². The molecule has 0 heterocycles. The molecule has 0 saturated heterocycles. The third-order valence-electron chi connectivity index (χ3n) is 3.28. The van der Waals surface area contributed by atoms with Crippen molar-refractivity contribution in [3.63, 3.8) is 0 Å². The first-order valence-electron chi connectivity index (χ1n) is 6.41. The monoisotopic (exact) mass is 228 g/mol. The highest BCUT2D eigenvalue weighted by atomic mass is 16.3. The van der Waals surface area contributed by atoms with E-state index in [0.717, 1.165) is 18.8 Å². The Balaban J connectivity index is 2.14. The first kappa shape index (κ1) is 13.3. The third kappa shape index (κ3) is 4.84. The van der Waals surface area contributed by atoms with E-state index in [1.807, 2.05) is 0 Å². The molecule has 0 aromatic rings. The molecule has 0 aliphatic heterocycles. The van der Waals surface area contributed by atoms with Gasteiger partial charge in [0.25, 0.3) is 0 Å². The third-order valence-corrected chi connectivity index (χ3v) is 3.28. The fraction of sp³-hybridized carbons (Fsp3) is 0.917. The van der Waals surface area contributed by atoms with Gasteiger partial charge in [-0.2, -0.15) is 0 Å². The number of hydrogen-bond donors (Lipinski definition) is 3. The summed E-state index contributed by atoms with van der Waals surface area (Å²) in [6.07, 6.45) is 7.25. The van der Waals surface area contributed by atoms with E-state index >= 15 is 0 Å². The highest BCUT2D eigenvalue weighted by molar-refractivity contribution is 5.74. The molecule has 0 unspecified atom stereocenters. The van der Waals surface area contributed by atoms with Crippen LogP contribution < -0.4 is 10.6 Å². The second-order valence-corrected chi connectivity index (χ2v) is 4.63. The standard InChI is InChI=1S/C12H24N2O2/c1-2-3-10-4-6-11(7-5-10)14-12(16)13-8-9-15/h10-11,15H,2-9H2,1H3,(H2,13,14,16). The van der Waals surface area contributed by atoms with Gasteiger partial charge in [0.05, 0.1) is 6.61 Å². The lowest BCUT2D eigenvalue weighted by Gasteiger charge is -2.28. The van der Waals surface area contributed by atoms with Crippen LogP contribution in [0, 0.1) is 5.92 Å². The highest BCUT2D eigenvalue weighted by Gasteiger charge is 2.21. The Morgan fingerprint density at radius 1 is 1.31 bits per heavy atom. The predicted octanol–water partition coefficient (Wildman–Crippen LogP) is 1.64. The highest BCUT2D eigenvalue weighted by Crippen LogP contribution is 2.27. The zero-order valence-corrected chi connectivity index (χ0v) is 10.2. The fourth-order valence-corrected chi connectivity index (χ4v) is 2.41. The van der Waals surface area contributed by atoms with Gasteiger partial charge >= 0.3 is 6.03 Å². The molecular weight excluding hydrogens is 204 g/mol. The molecule has 2 amide bonds. The Kier molecular flexibility index (Phi) is 6.23. The van der Waals surface area contributed by atoms with Crippen LogP contribution in [0.1, 0.15) is 45.4 Å². The van der Waals surface area contributed by atoms with Crippen molar-refractivity contribution in [3.05, 3.63) is 0 Å². The van der Waals surface area contributed by atoms with E-state index in [1.54, 1.807) is 0 Å². The van der Waals surface area contributed by atoms with E-state index in [1.165, 1.54) is 25.7 Å². The van der Waals surface area contributed by atoms with Crippen LogP contribution in [0.15, 0.2) is 0 Å². The van der Waals surface area contributed by atoms with Gasteiger partial charge in [0.15, 0.2) is 0 Å². The molecule has 94 valence electrons. The Hall–Kier alpha value is -0.770. The maximum Gasteiger partial charge on any atom is 0.315 e. The minimum absolute atomic E-state index is 0.00331. The van der Waals surface area contributed by atoms with Gasteiger partial charge in [0.1, 0.15) is 0 Å². The summed E-state index contributed by atoms with van der Waals surface area (Å²) in [5.41, 5.74) is 0. The average Bonchev–Trinajstić information content (AvgIpc) is 2.29. The molecule has 0 radical (unpaired) electrons. The van der Waals surface area contributed by atoms with Gasteiger partial charge in [-0.15, -0.1) is 0 Å². The maximum atomic E-state index is 11.3. The lowest BCUT2D eigenvalue weighted by Crippen LogP contribution is -2.44. The number of rotatable bonds is 5. The zero-order valence-electron chi connectivity index (χ0n) is 10.2. The molecule has 4 nitrogen and oxygen atoms in total. The van der Waals surface area contributed by atoms with Crippen LogP contribution in [0.3, 0.4) is 0 Å². The van der Waals surface area contributed by atoms with E-state index in [0.29, 0.717) is 12.6 Å². The van der Waals surface area contributed by atoms with Crippen LogP contribution >= 0.6 is 0 Å². The molecule has 0 spiro atoms. The molecule has 0 bridgehead atoms. The topological polar surface area (TPSA) is 61.4 Å². The first-order chi connectivity index (χ1) is 7.76. The number of hydrogen-bond acceptors (Lipinski definition) is 2. The molecule has 3 N–H and O–H groups in total. The van der Waals surface area contributed by atoms with Crippen LogP contribution in [-0.4, -0.2) is 30.3 Å². The summed E-state index contributed by atoms with van der Waals surface area (Å²) in [5, 5.41) is 14.1. The molecule has 1 saturated carbocycles. The van der Waals surface area contributed by atoms with E-state index in [4.69, 9.17) is 5.11 Å². The van der Waals surface area contributed by atoms with Gasteiger partial charge in [-0.3, -0.25) is 0 Å². The number of urea groups is 1. The van der Waals surface area contributed by atoms with Crippen molar-refractivity contribution in [1.29, 1.82) is 0 Å². The van der Waals surface area contributed by atoms with Crippen LogP contribution in [0.4, 0.5) is 4.79 Å². The van der Waals surface area contributed by atoms with E-state index < -0.39 is 0 Å². The van der Waals surface area contributed by atoms with Crippen molar-refractivity contribution in [2.45, 2.75) is 51.5 Å². The van der Waals surface area contributed by atoms with E-state index in [-0.39, 0.29) is 12.6 Å². The SMILES string of the molecule is CCCC1CCC(NC(=O)NCCO)CC1. The van der Waals surface area contributed by atoms with Crippen LogP contribution in [0.5, 0.6) is 0 Å². The number of nitrogens with one attached hydrogen (secondary N) is 2. The molecule has 4 heteroatoms. The molecule has 1 aliphatic carbocycles. The summed E-state index contributed by atoms with van der Waals surface area (Å²) < 4.78 is 0. The summed E-state index contributed by atoms with van der Waals surface area (Å²) in [7, 11) is 0. The Morgan fingerprint density at radius 3 is 2.56 bits per heavy atom. The van der Waals surface area contributed by atoms with Gasteiger partial charge in [0, 0.05) is 12.6 Å². The number of carbonyl (C=O) groups excluding carboxylic acids is 1. The quantitative estimate of drug-likeness (QED) is 0.670. The summed E-state index contributed by atoms with van der Waals surface area (Å²) in [6, 6.07) is 0.180. The van der Waals surface area contributed by atoms with Crippen LogP contribution in [0.2, 0.25) is 0 Å². The van der Waals surface area contributed by atoms with Crippen molar-refractivity contribution in [3.8, 4) is 0 Å². The Bertz CT molecular complexity index is 201. The lowest BCUT2D eigenvalue weighted by atomic mass is 9.83. The number of aliphatic hydroxyl groups is 1. The summed E-state index contributed by atoms with van der Waals surface area (Å²) >= 11 is 0. The summed E-state index contributed by atoms with van der Waals surface area (Å²) in [5.74, 6) is 0.864. The molecule has 0 aromatic heterocycles. The van der Waals surface area contributed by atoms with Crippen molar-refractivity contribution in [2.24, 2.45) is 5.92 Å².